The van der Waals surface area contributed by atoms with Gasteiger partial charge in [0.1, 0.15) is 0 Å². The van der Waals surface area contributed by atoms with Gasteiger partial charge in [0, 0.05) is 47.6 Å². The number of rotatable bonds is 6. The summed E-state index contributed by atoms with van der Waals surface area (Å²) in [5, 5.41) is 7.58. The van der Waals surface area contributed by atoms with Crippen molar-refractivity contribution in [1.82, 2.24) is 4.57 Å². The maximum absolute atomic E-state index is 2.62. The molecule has 0 fully saturated rings. The Kier molecular flexibility index (Phi) is 9.27. The molecule has 3 aliphatic rings. The van der Waals surface area contributed by atoms with Crippen LogP contribution < -0.4 is 4.90 Å². The molecule has 81 heavy (non-hydrogen) atoms. The van der Waals surface area contributed by atoms with Crippen molar-refractivity contribution in [1.29, 1.82) is 0 Å². The van der Waals surface area contributed by atoms with Crippen LogP contribution in [-0.4, -0.2) is 4.57 Å². The molecule has 2 nitrogen and oxygen atoms in total. The summed E-state index contributed by atoms with van der Waals surface area (Å²) >= 11 is 1.87. The van der Waals surface area contributed by atoms with Gasteiger partial charge >= 0.3 is 0 Å². The third-order valence-electron chi connectivity index (χ3n) is 18.5. The molecule has 0 N–H and O–H groups in total. The summed E-state index contributed by atoms with van der Waals surface area (Å²) in [4.78, 5) is 2.62. The van der Waals surface area contributed by atoms with Crippen LogP contribution in [0.2, 0.25) is 0 Å². The number of para-hydroxylation sites is 3. The Labute approximate surface area is 473 Å². The molecule has 0 saturated carbocycles. The molecule has 15 aromatic rings. The number of nitrogens with zero attached hydrogens (tertiary/aromatic N) is 2. The van der Waals surface area contributed by atoms with E-state index < -0.39 is 10.8 Å². The van der Waals surface area contributed by atoms with Crippen molar-refractivity contribution in [3.63, 3.8) is 0 Å². The minimum absolute atomic E-state index is 0.620. The molecule has 0 saturated heterocycles. The van der Waals surface area contributed by atoms with E-state index in [2.05, 4.69) is 301 Å². The molecule has 1 unspecified atom stereocenters. The van der Waals surface area contributed by atoms with Gasteiger partial charge in [-0.2, -0.15) is 0 Å². The number of hydrogen-bond acceptors (Lipinski definition) is 2. The molecule has 3 heterocycles. The van der Waals surface area contributed by atoms with E-state index in [1.807, 2.05) is 11.3 Å². The van der Waals surface area contributed by atoms with E-state index in [-0.39, 0.29) is 0 Å². The second-order valence-electron chi connectivity index (χ2n) is 22.1. The molecule has 0 amide bonds. The molecule has 1 aliphatic heterocycles. The SMILES string of the molecule is c1ccc(C2(c3ccccc3)c3ccccc3-c3c2cc(N(c2ccc(-c4ccc5sc6ccccc6c5c4)cc2)c2cccc4c2-c2ccccc2C42c4ccccc4-n4c5ccccc5c5cccc2c54)c2ccccc32)cc1. The topological polar surface area (TPSA) is 8.17 Å². The molecule has 0 radical (unpaired) electrons. The summed E-state index contributed by atoms with van der Waals surface area (Å²) in [6.07, 6.45) is 0. The van der Waals surface area contributed by atoms with Gasteiger partial charge in [0.25, 0.3) is 0 Å². The van der Waals surface area contributed by atoms with Crippen molar-refractivity contribution in [2.75, 3.05) is 4.90 Å². The highest BCUT2D eigenvalue weighted by atomic mass is 32.1. The molecular formula is C78H48N2S. The Hall–Kier alpha value is -10.1. The number of anilines is 3. The second kappa shape index (κ2) is 16.7. The maximum atomic E-state index is 2.62. The summed E-state index contributed by atoms with van der Waals surface area (Å²) in [7, 11) is 0. The van der Waals surface area contributed by atoms with Crippen molar-refractivity contribution in [2.45, 2.75) is 10.8 Å². The Balaban J connectivity index is 0.950. The fourth-order valence-electron chi connectivity index (χ4n) is 15.4. The Morgan fingerprint density at radius 3 is 1.64 bits per heavy atom. The van der Waals surface area contributed by atoms with E-state index in [9.17, 15) is 0 Å². The first-order valence-electron chi connectivity index (χ1n) is 28.2. The van der Waals surface area contributed by atoms with Crippen LogP contribution in [-0.2, 0) is 10.8 Å². The van der Waals surface area contributed by atoms with E-state index in [0.29, 0.717) is 0 Å². The predicted molar refractivity (Wildman–Crippen MR) is 339 cm³/mol. The van der Waals surface area contributed by atoms with Crippen LogP contribution in [0.4, 0.5) is 17.1 Å². The average molecular weight is 1050 g/mol. The van der Waals surface area contributed by atoms with Gasteiger partial charge in [-0.1, -0.05) is 237 Å². The normalized spacial score (nSPS) is 15.1. The van der Waals surface area contributed by atoms with E-state index >= 15 is 0 Å². The van der Waals surface area contributed by atoms with Crippen LogP contribution in [0.5, 0.6) is 0 Å². The fourth-order valence-corrected chi connectivity index (χ4v) is 16.4. The van der Waals surface area contributed by atoms with E-state index in [4.69, 9.17) is 0 Å². The summed E-state index contributed by atoms with van der Waals surface area (Å²) < 4.78 is 5.17. The monoisotopic (exact) mass is 1040 g/mol. The molecule has 376 valence electrons. The minimum atomic E-state index is -0.625. The zero-order chi connectivity index (χ0) is 53.0. The lowest BCUT2D eigenvalue weighted by molar-refractivity contribution is 0.748. The Morgan fingerprint density at radius 2 is 0.864 bits per heavy atom. The molecular weight excluding hydrogens is 997 g/mol. The number of thiophene rings is 1. The third-order valence-corrected chi connectivity index (χ3v) is 19.6. The zero-order valence-electron chi connectivity index (χ0n) is 44.0. The first kappa shape index (κ1) is 44.9. The average Bonchev–Trinajstić information content (AvgIpc) is 4.27. The highest BCUT2D eigenvalue weighted by Gasteiger charge is 2.52. The molecule has 0 bridgehead atoms. The van der Waals surface area contributed by atoms with Gasteiger partial charge in [0.15, 0.2) is 0 Å². The van der Waals surface area contributed by atoms with Crippen molar-refractivity contribution in [2.24, 2.45) is 0 Å². The smallest absolute Gasteiger partial charge is 0.0755 e. The molecule has 3 heteroatoms. The van der Waals surface area contributed by atoms with Gasteiger partial charge in [-0.05, 0) is 132 Å². The second-order valence-corrected chi connectivity index (χ2v) is 23.2. The standard InChI is InChI=1S/C78H48N2S/c1-3-21-51(22-4-1)77(52-23-5-2-6-24-52)62-32-13-9-29-59(62)74-57-28-8-7-25-54(57)71(48-67(74)77)79(53-44-41-49(42-45-53)50-43-46-73-61(47-50)56-27-12-18-40-72(56)81-73)70-39-20-35-65-75(70)60-30-10-14-33-63(60)78(65)64-34-15-17-38-69(64)80-68-37-16-11-26-55(68)58-31-19-36-66(78)76(58)80/h1-48H. The molecule has 1 atom stereocenters. The van der Waals surface area contributed by atoms with Crippen LogP contribution >= 0.6 is 11.3 Å². The van der Waals surface area contributed by atoms with Gasteiger partial charge in [0.2, 0.25) is 0 Å². The van der Waals surface area contributed by atoms with Crippen molar-refractivity contribution in [3.05, 3.63) is 336 Å². The fraction of sp³-hybridized carbons (Fsp3) is 0.0256. The van der Waals surface area contributed by atoms with Crippen molar-refractivity contribution >= 4 is 81.1 Å². The van der Waals surface area contributed by atoms with Crippen molar-refractivity contribution in [3.8, 4) is 39.1 Å². The van der Waals surface area contributed by atoms with Crippen LogP contribution in [0.1, 0.15) is 44.5 Å². The predicted octanol–water partition coefficient (Wildman–Crippen LogP) is 20.5. The summed E-state index contributed by atoms with van der Waals surface area (Å²) in [5.74, 6) is 0. The Bertz CT molecular complexity index is 5080. The van der Waals surface area contributed by atoms with Gasteiger partial charge in [-0.15, -0.1) is 11.3 Å². The summed E-state index contributed by atoms with van der Waals surface area (Å²) in [5.41, 5.74) is 23.5. The lowest BCUT2D eigenvalue weighted by atomic mass is 9.65. The first-order chi connectivity index (χ1) is 40.2. The lowest BCUT2D eigenvalue weighted by Crippen LogP contribution is -2.33. The maximum Gasteiger partial charge on any atom is 0.0755 e. The largest absolute Gasteiger partial charge is 0.309 e. The number of benzene rings is 13. The summed E-state index contributed by atoms with van der Waals surface area (Å²) in [6.45, 7) is 0. The highest BCUT2D eigenvalue weighted by Crippen LogP contribution is 2.65. The molecule has 2 aliphatic carbocycles. The lowest BCUT2D eigenvalue weighted by Gasteiger charge is -2.40. The molecule has 1 spiro atoms. The van der Waals surface area contributed by atoms with E-state index in [0.717, 1.165) is 17.1 Å². The van der Waals surface area contributed by atoms with Gasteiger partial charge in [-0.25, -0.2) is 0 Å². The quantitative estimate of drug-likeness (QED) is 0.161. The zero-order valence-corrected chi connectivity index (χ0v) is 44.8. The Morgan fingerprint density at radius 1 is 0.309 bits per heavy atom. The minimum Gasteiger partial charge on any atom is -0.309 e. The van der Waals surface area contributed by atoms with Gasteiger partial charge in [0.05, 0.1) is 38.9 Å². The van der Waals surface area contributed by atoms with Crippen LogP contribution in [0.3, 0.4) is 0 Å². The van der Waals surface area contributed by atoms with Gasteiger partial charge in [-0.3, -0.25) is 0 Å². The van der Waals surface area contributed by atoms with Gasteiger partial charge < -0.3 is 9.47 Å². The van der Waals surface area contributed by atoms with Crippen LogP contribution in [0.25, 0.3) is 91.8 Å². The number of fused-ring (bicyclic) bond motifs is 20. The molecule has 13 aromatic carbocycles. The molecule has 18 rings (SSSR count). The van der Waals surface area contributed by atoms with Crippen molar-refractivity contribution < 1.29 is 0 Å². The highest BCUT2D eigenvalue weighted by molar-refractivity contribution is 7.25. The number of hydrogen-bond donors (Lipinski definition) is 0. The van der Waals surface area contributed by atoms with E-state index in [1.165, 1.54) is 136 Å². The first-order valence-corrected chi connectivity index (χ1v) is 29.0. The van der Waals surface area contributed by atoms with Crippen LogP contribution in [0.15, 0.2) is 291 Å². The number of aromatic nitrogens is 1. The molecule has 2 aromatic heterocycles. The summed E-state index contributed by atoms with van der Waals surface area (Å²) in [6, 6.07) is 110. The van der Waals surface area contributed by atoms with E-state index in [1.54, 1.807) is 0 Å². The van der Waals surface area contributed by atoms with Crippen LogP contribution in [0, 0.1) is 0 Å². The third kappa shape index (κ3) is 5.85.